The van der Waals surface area contributed by atoms with Crippen LogP contribution in [0.3, 0.4) is 0 Å². The summed E-state index contributed by atoms with van der Waals surface area (Å²) in [7, 11) is -3.67. The Morgan fingerprint density at radius 2 is 1.11 bits per heavy atom. The van der Waals surface area contributed by atoms with Crippen molar-refractivity contribution in [1.82, 2.24) is 0 Å². The molecule has 0 amide bonds. The molecular formula is CH4F3InO3S. The van der Waals surface area contributed by atoms with Gasteiger partial charge in [-0.25, -0.2) is 0 Å². The van der Waals surface area contributed by atoms with Crippen molar-refractivity contribution in [2.24, 2.45) is 0 Å². The fourth-order valence-corrected chi connectivity index (χ4v) is 0. The summed E-state index contributed by atoms with van der Waals surface area (Å²) in [4.78, 5) is 0. The first-order valence-electron chi connectivity index (χ1n) is 0.924. The molecule has 0 aliphatic rings. The zero-order valence-corrected chi connectivity index (χ0v) is 8.50. The fraction of sp³-hybridized carbons (Fsp3) is 1.00. The molecule has 0 spiro atoms. The maximum Gasteiger partial charge on any atom is 3.00 e. The third-order valence-corrected chi connectivity index (χ3v) is 0. The van der Waals surface area contributed by atoms with Gasteiger partial charge in [-0.3, -0.25) is 4.55 Å². The molecule has 0 rings (SSSR count). The Morgan fingerprint density at radius 3 is 1.11 bits per heavy atom. The molecule has 9 heavy (non-hydrogen) atoms. The third-order valence-electron chi connectivity index (χ3n) is 0. The summed E-state index contributed by atoms with van der Waals surface area (Å²) in [6.07, 6.45) is 0.715. The quantitative estimate of drug-likeness (QED) is 0.444. The van der Waals surface area contributed by atoms with Gasteiger partial charge in [0, 0.05) is 0 Å². The van der Waals surface area contributed by atoms with Gasteiger partial charge in [0.2, 0.25) is 0 Å². The summed E-state index contributed by atoms with van der Waals surface area (Å²) < 4.78 is 25.9. The first kappa shape index (κ1) is 33.7. The maximum absolute atomic E-state index is 9.19. The van der Waals surface area contributed by atoms with E-state index < -0.39 is 10.1 Å². The molecule has 0 aromatic rings. The van der Waals surface area contributed by atoms with Crippen LogP contribution >= 0.6 is 0 Å². The molecule has 0 heterocycles. The Kier molecular flexibility index (Phi) is 42.5. The molecule has 0 unspecified atom stereocenters. The average Bonchev–Trinajstić information content (AvgIpc) is 0.722. The fourth-order valence-electron chi connectivity index (χ4n) is 0. The Bertz CT molecular complexity index is 102. The smallest absolute Gasteiger partial charge is 1.00 e. The summed E-state index contributed by atoms with van der Waals surface area (Å²) in [6.45, 7) is 0. The van der Waals surface area contributed by atoms with E-state index in [4.69, 9.17) is 4.55 Å². The second kappa shape index (κ2) is 11.4. The minimum atomic E-state index is -3.67. The van der Waals surface area contributed by atoms with Gasteiger partial charge in [0.25, 0.3) is 10.1 Å². The van der Waals surface area contributed by atoms with E-state index in [1.807, 2.05) is 0 Å². The van der Waals surface area contributed by atoms with Crippen LogP contribution in [0, 0.1) is 0 Å². The second-order valence-corrected chi connectivity index (χ2v) is 2.20. The Labute approximate surface area is 69.5 Å². The van der Waals surface area contributed by atoms with Crippen LogP contribution in [0.1, 0.15) is 0 Å². The van der Waals surface area contributed by atoms with Crippen LogP contribution in [0.15, 0.2) is 0 Å². The van der Waals surface area contributed by atoms with Crippen molar-refractivity contribution in [3.05, 3.63) is 0 Å². The van der Waals surface area contributed by atoms with Crippen molar-refractivity contribution in [2.75, 3.05) is 6.26 Å². The van der Waals surface area contributed by atoms with Crippen molar-refractivity contribution in [3.63, 3.8) is 0 Å². The molecule has 3 nitrogen and oxygen atoms in total. The Balaban J connectivity index is -0.0000000133. The van der Waals surface area contributed by atoms with Crippen LogP contribution in [0.2, 0.25) is 0 Å². The normalized spacial score (nSPS) is 6.44. The molecule has 0 aromatic carbocycles. The third kappa shape index (κ3) is 1140. The molecule has 1 N–H and O–H groups in total. The summed E-state index contributed by atoms with van der Waals surface area (Å²) >= 11 is 0. The van der Waals surface area contributed by atoms with Crippen LogP contribution < -0.4 is 14.1 Å². The van der Waals surface area contributed by atoms with E-state index in [0.29, 0.717) is 6.26 Å². The summed E-state index contributed by atoms with van der Waals surface area (Å²) in [6, 6.07) is 0. The second-order valence-electron chi connectivity index (χ2n) is 0.733. The molecular weight excluding hydrogens is 264 g/mol. The predicted molar refractivity (Wildman–Crippen MR) is 23.2 cm³/mol. The van der Waals surface area contributed by atoms with Gasteiger partial charge in [-0.05, 0) is 0 Å². The molecule has 0 fully saturated rings. The number of halogens is 3. The molecule has 0 radical (unpaired) electrons. The van der Waals surface area contributed by atoms with E-state index in [-0.39, 0.29) is 40.0 Å². The van der Waals surface area contributed by atoms with Gasteiger partial charge in [-0.2, -0.15) is 8.42 Å². The molecule has 0 atom stereocenters. The number of hydrogen-bond acceptors (Lipinski definition) is 2. The minimum absolute atomic E-state index is 0. The first-order chi connectivity index (χ1) is 2.00. The van der Waals surface area contributed by atoms with E-state index in [9.17, 15) is 8.42 Å². The zero-order valence-electron chi connectivity index (χ0n) is 4.38. The van der Waals surface area contributed by atoms with E-state index >= 15 is 0 Å². The van der Waals surface area contributed by atoms with Gasteiger partial charge in [0.05, 0.1) is 6.26 Å². The van der Waals surface area contributed by atoms with Crippen molar-refractivity contribution >= 4 is 36.0 Å². The van der Waals surface area contributed by atoms with Crippen LogP contribution in [0.5, 0.6) is 0 Å². The Hall–Kier alpha value is 0.570. The average molecular weight is 268 g/mol. The van der Waals surface area contributed by atoms with Crippen LogP contribution in [0.25, 0.3) is 0 Å². The molecule has 56 valence electrons. The van der Waals surface area contributed by atoms with E-state index in [1.165, 1.54) is 0 Å². The van der Waals surface area contributed by atoms with Gasteiger partial charge in [-0.15, -0.1) is 0 Å². The van der Waals surface area contributed by atoms with Crippen molar-refractivity contribution < 1.29 is 27.1 Å². The standard InChI is InChI=1S/CH4O3S.3FH.In/c1-5(2,3)4;;;;/h1H3,(H,2,3,4);3*1H;/q;;;;+3/p-3. The van der Waals surface area contributed by atoms with E-state index in [1.54, 1.807) is 0 Å². The largest absolute Gasteiger partial charge is 3.00 e. The van der Waals surface area contributed by atoms with Crippen LogP contribution in [0.4, 0.5) is 0 Å². The molecule has 0 aliphatic carbocycles. The number of rotatable bonds is 0. The van der Waals surface area contributed by atoms with Gasteiger partial charge < -0.3 is 14.1 Å². The van der Waals surface area contributed by atoms with Crippen LogP contribution in [-0.4, -0.2) is 45.1 Å². The van der Waals surface area contributed by atoms with Gasteiger partial charge in [-0.1, -0.05) is 0 Å². The van der Waals surface area contributed by atoms with Crippen molar-refractivity contribution in [2.45, 2.75) is 0 Å². The minimum Gasteiger partial charge on any atom is -1.00 e. The molecule has 0 saturated carbocycles. The first-order valence-corrected chi connectivity index (χ1v) is 2.77. The maximum atomic E-state index is 9.19. The number of hydrogen-bond donors (Lipinski definition) is 1. The van der Waals surface area contributed by atoms with Crippen molar-refractivity contribution in [1.29, 1.82) is 0 Å². The van der Waals surface area contributed by atoms with Crippen LogP contribution in [-0.2, 0) is 10.1 Å². The summed E-state index contributed by atoms with van der Waals surface area (Å²) in [5, 5.41) is 0. The molecule has 0 aliphatic heterocycles. The van der Waals surface area contributed by atoms with E-state index in [0.717, 1.165) is 0 Å². The van der Waals surface area contributed by atoms with Gasteiger partial charge >= 0.3 is 25.8 Å². The predicted octanol–water partition coefficient (Wildman–Crippen LogP) is -9.86. The SMILES string of the molecule is CS(=O)(=O)O.[F-].[F-].[F-].[In+3]. The molecule has 0 saturated heterocycles. The van der Waals surface area contributed by atoms with Gasteiger partial charge in [0.1, 0.15) is 0 Å². The van der Waals surface area contributed by atoms with Gasteiger partial charge in [0.15, 0.2) is 0 Å². The zero-order chi connectivity index (χ0) is 4.50. The van der Waals surface area contributed by atoms with Crippen molar-refractivity contribution in [3.8, 4) is 0 Å². The summed E-state index contributed by atoms with van der Waals surface area (Å²) in [5.74, 6) is 0. The molecule has 0 aromatic heterocycles. The molecule has 0 bridgehead atoms. The topological polar surface area (TPSA) is 54.4 Å². The Morgan fingerprint density at radius 1 is 1.11 bits per heavy atom. The molecule has 8 heteroatoms. The summed E-state index contributed by atoms with van der Waals surface area (Å²) in [5.41, 5.74) is 0. The monoisotopic (exact) mass is 268 g/mol. The van der Waals surface area contributed by atoms with E-state index in [2.05, 4.69) is 0 Å².